The van der Waals surface area contributed by atoms with Crippen molar-refractivity contribution in [2.24, 2.45) is 11.7 Å². The van der Waals surface area contributed by atoms with Crippen molar-refractivity contribution in [2.75, 3.05) is 25.1 Å². The maximum atomic E-state index is 7.71. The van der Waals surface area contributed by atoms with Crippen molar-refractivity contribution >= 4 is 11.5 Å². The zero-order chi connectivity index (χ0) is 14.4. The van der Waals surface area contributed by atoms with Gasteiger partial charge in [0.15, 0.2) is 0 Å². The summed E-state index contributed by atoms with van der Waals surface area (Å²) < 4.78 is 5.28. The lowest BCUT2D eigenvalue weighted by Gasteiger charge is -2.28. The van der Waals surface area contributed by atoms with Crippen LogP contribution in [-0.4, -0.2) is 26.0 Å². The molecule has 0 spiro atoms. The number of hydrogen-bond donors (Lipinski definition) is 2. The van der Waals surface area contributed by atoms with Crippen LogP contribution in [0.15, 0.2) is 18.2 Å². The molecule has 4 nitrogen and oxygen atoms in total. The van der Waals surface area contributed by atoms with Crippen molar-refractivity contribution in [1.29, 1.82) is 5.41 Å². The van der Waals surface area contributed by atoms with E-state index in [9.17, 15) is 0 Å². The fourth-order valence-electron chi connectivity index (χ4n) is 2.03. The zero-order valence-electron chi connectivity index (χ0n) is 12.4. The van der Waals surface area contributed by atoms with E-state index in [0.29, 0.717) is 5.92 Å². The molecule has 0 aliphatic carbocycles. The largest absolute Gasteiger partial charge is 0.497 e. The number of methoxy groups -OCH3 is 1. The Balaban J connectivity index is 3.15. The van der Waals surface area contributed by atoms with Crippen LogP contribution in [0.4, 0.5) is 5.69 Å². The van der Waals surface area contributed by atoms with Crippen LogP contribution in [0.25, 0.3) is 0 Å². The third-order valence-corrected chi connectivity index (χ3v) is 3.45. The van der Waals surface area contributed by atoms with Crippen LogP contribution in [0.3, 0.4) is 0 Å². The SMILES string of the molecule is CCC(C)CN(CC)c1cc(OC)ccc1C(=N)N. The van der Waals surface area contributed by atoms with Gasteiger partial charge >= 0.3 is 0 Å². The van der Waals surface area contributed by atoms with Crippen molar-refractivity contribution in [3.05, 3.63) is 23.8 Å². The van der Waals surface area contributed by atoms with Gasteiger partial charge in [-0.2, -0.15) is 0 Å². The Morgan fingerprint density at radius 2 is 2.11 bits per heavy atom. The molecule has 19 heavy (non-hydrogen) atoms. The van der Waals surface area contributed by atoms with Crippen LogP contribution in [-0.2, 0) is 0 Å². The summed E-state index contributed by atoms with van der Waals surface area (Å²) in [6.07, 6.45) is 1.13. The molecule has 0 radical (unpaired) electrons. The lowest BCUT2D eigenvalue weighted by atomic mass is 10.1. The summed E-state index contributed by atoms with van der Waals surface area (Å²) in [6, 6.07) is 5.66. The molecule has 0 saturated carbocycles. The second-order valence-corrected chi connectivity index (χ2v) is 4.85. The van der Waals surface area contributed by atoms with Gasteiger partial charge < -0.3 is 15.4 Å². The monoisotopic (exact) mass is 263 g/mol. The molecule has 3 N–H and O–H groups in total. The van der Waals surface area contributed by atoms with E-state index in [1.54, 1.807) is 7.11 Å². The number of nitrogens with two attached hydrogens (primary N) is 1. The number of rotatable bonds is 7. The van der Waals surface area contributed by atoms with Crippen LogP contribution in [0, 0.1) is 11.3 Å². The van der Waals surface area contributed by atoms with Gasteiger partial charge in [-0.25, -0.2) is 0 Å². The third-order valence-electron chi connectivity index (χ3n) is 3.45. The predicted octanol–water partition coefficient (Wildman–Crippen LogP) is 2.85. The van der Waals surface area contributed by atoms with Crippen LogP contribution < -0.4 is 15.4 Å². The lowest BCUT2D eigenvalue weighted by molar-refractivity contribution is 0.414. The first-order valence-electron chi connectivity index (χ1n) is 6.80. The van der Waals surface area contributed by atoms with Gasteiger partial charge in [0.25, 0.3) is 0 Å². The van der Waals surface area contributed by atoms with E-state index in [4.69, 9.17) is 15.9 Å². The minimum atomic E-state index is 0.0975. The maximum absolute atomic E-state index is 7.71. The van der Waals surface area contributed by atoms with E-state index >= 15 is 0 Å². The highest BCUT2D eigenvalue weighted by atomic mass is 16.5. The minimum Gasteiger partial charge on any atom is -0.497 e. The first-order valence-corrected chi connectivity index (χ1v) is 6.80. The van der Waals surface area contributed by atoms with E-state index in [-0.39, 0.29) is 5.84 Å². The summed E-state index contributed by atoms with van der Waals surface area (Å²) in [4.78, 5) is 2.26. The summed E-state index contributed by atoms with van der Waals surface area (Å²) >= 11 is 0. The number of nitrogen functional groups attached to an aromatic ring is 1. The van der Waals surface area contributed by atoms with Crippen molar-refractivity contribution in [3.63, 3.8) is 0 Å². The molecule has 1 atom stereocenters. The molecule has 0 bridgehead atoms. The quantitative estimate of drug-likeness (QED) is 0.587. The van der Waals surface area contributed by atoms with E-state index < -0.39 is 0 Å². The van der Waals surface area contributed by atoms with E-state index in [1.807, 2.05) is 18.2 Å². The topological polar surface area (TPSA) is 62.3 Å². The minimum absolute atomic E-state index is 0.0975. The van der Waals surface area contributed by atoms with Crippen LogP contribution in [0.2, 0.25) is 0 Å². The first kappa shape index (κ1) is 15.3. The Hall–Kier alpha value is -1.71. The van der Waals surface area contributed by atoms with Gasteiger partial charge in [0.1, 0.15) is 11.6 Å². The Morgan fingerprint density at radius 1 is 1.42 bits per heavy atom. The van der Waals surface area contributed by atoms with Gasteiger partial charge in [-0.15, -0.1) is 0 Å². The number of amidine groups is 1. The molecule has 0 fully saturated rings. The second kappa shape index (κ2) is 7.02. The first-order chi connectivity index (χ1) is 9.03. The number of ether oxygens (including phenoxy) is 1. The van der Waals surface area contributed by atoms with Crippen molar-refractivity contribution in [2.45, 2.75) is 27.2 Å². The van der Waals surface area contributed by atoms with E-state index in [1.165, 1.54) is 0 Å². The Labute approximate surface area is 116 Å². The molecule has 0 saturated heterocycles. The summed E-state index contributed by atoms with van der Waals surface area (Å²) in [5.74, 6) is 1.49. The number of benzene rings is 1. The standard InChI is InChI=1S/C15H25N3O/c1-5-11(3)10-18(6-2)14-9-12(19-4)7-8-13(14)15(16)17/h7-9,11H,5-6,10H2,1-4H3,(H3,16,17). The van der Waals surface area contributed by atoms with Crippen LogP contribution >= 0.6 is 0 Å². The van der Waals surface area contributed by atoms with Gasteiger partial charge in [0.2, 0.25) is 0 Å². The molecule has 4 heteroatoms. The molecular formula is C15H25N3O. The maximum Gasteiger partial charge on any atom is 0.124 e. The van der Waals surface area contributed by atoms with Gasteiger partial charge in [-0.05, 0) is 25.0 Å². The number of anilines is 1. The van der Waals surface area contributed by atoms with Crippen molar-refractivity contribution in [1.82, 2.24) is 0 Å². The molecule has 0 aliphatic rings. The zero-order valence-corrected chi connectivity index (χ0v) is 12.4. The highest BCUT2D eigenvalue weighted by Crippen LogP contribution is 2.27. The van der Waals surface area contributed by atoms with Crippen LogP contribution in [0.1, 0.15) is 32.8 Å². The average Bonchev–Trinajstić information content (AvgIpc) is 2.43. The van der Waals surface area contributed by atoms with Gasteiger partial charge in [0.05, 0.1) is 12.8 Å². The highest BCUT2D eigenvalue weighted by molar-refractivity contribution is 6.00. The molecular weight excluding hydrogens is 238 g/mol. The lowest BCUT2D eigenvalue weighted by Crippen LogP contribution is -2.30. The molecule has 0 amide bonds. The average molecular weight is 263 g/mol. The molecule has 1 aromatic rings. The Morgan fingerprint density at radius 3 is 2.58 bits per heavy atom. The summed E-state index contributed by atoms with van der Waals surface area (Å²) in [5.41, 5.74) is 7.43. The molecule has 0 aromatic heterocycles. The highest BCUT2D eigenvalue weighted by Gasteiger charge is 2.15. The fourth-order valence-corrected chi connectivity index (χ4v) is 2.03. The Kier molecular flexibility index (Phi) is 5.67. The van der Waals surface area contributed by atoms with Crippen LogP contribution in [0.5, 0.6) is 5.75 Å². The molecule has 0 aliphatic heterocycles. The smallest absolute Gasteiger partial charge is 0.124 e. The fraction of sp³-hybridized carbons (Fsp3) is 0.533. The van der Waals surface area contributed by atoms with Gasteiger partial charge in [-0.1, -0.05) is 20.3 Å². The number of nitrogens with one attached hydrogen (secondary N) is 1. The number of hydrogen-bond acceptors (Lipinski definition) is 3. The van der Waals surface area contributed by atoms with Gasteiger partial charge in [0, 0.05) is 24.7 Å². The molecule has 0 heterocycles. The summed E-state index contributed by atoms with van der Waals surface area (Å²) in [5, 5.41) is 7.71. The van der Waals surface area contributed by atoms with E-state index in [0.717, 1.165) is 36.5 Å². The summed E-state index contributed by atoms with van der Waals surface area (Å²) in [6.45, 7) is 8.39. The number of nitrogens with zero attached hydrogens (tertiary/aromatic N) is 1. The van der Waals surface area contributed by atoms with Crippen molar-refractivity contribution in [3.8, 4) is 5.75 Å². The molecule has 106 valence electrons. The summed E-state index contributed by atoms with van der Waals surface area (Å²) in [7, 11) is 1.65. The third kappa shape index (κ3) is 3.88. The molecule has 1 unspecified atom stereocenters. The molecule has 1 rings (SSSR count). The van der Waals surface area contributed by atoms with E-state index in [2.05, 4.69) is 25.7 Å². The van der Waals surface area contributed by atoms with Crippen molar-refractivity contribution < 1.29 is 4.74 Å². The molecule has 1 aromatic carbocycles. The normalized spacial score (nSPS) is 12.0. The van der Waals surface area contributed by atoms with Gasteiger partial charge in [-0.3, -0.25) is 5.41 Å². The second-order valence-electron chi connectivity index (χ2n) is 4.85. The Bertz CT molecular complexity index is 431. The predicted molar refractivity (Wildman–Crippen MR) is 81.4 cm³/mol.